The second kappa shape index (κ2) is 12.3. The van der Waals surface area contributed by atoms with E-state index in [9.17, 15) is 0 Å². The predicted molar refractivity (Wildman–Crippen MR) is 196 cm³/mol. The van der Waals surface area contributed by atoms with Gasteiger partial charge in [-0.05, 0) is 51.2 Å². The van der Waals surface area contributed by atoms with Gasteiger partial charge < -0.3 is 10.2 Å². The highest BCUT2D eigenvalue weighted by Crippen LogP contribution is 2.42. The second-order valence-electron chi connectivity index (χ2n) is 11.5. The molecule has 8 rings (SSSR count). The topological polar surface area (TPSA) is 63.9 Å². The Morgan fingerprint density at radius 3 is 1.85 bits per heavy atom. The molecule has 8 aromatic rings. The Hall–Kier alpha value is -6.26. The van der Waals surface area contributed by atoms with Crippen LogP contribution >= 0.6 is 0 Å². The van der Waals surface area contributed by atoms with E-state index >= 15 is 0 Å². The van der Waals surface area contributed by atoms with E-state index in [1.54, 1.807) is 0 Å². The monoisotopic (exact) mass is 605 g/mol. The van der Waals surface area contributed by atoms with Crippen LogP contribution in [0.15, 0.2) is 178 Å². The Labute approximate surface area is 273 Å². The Bertz CT molecular complexity index is 2430. The lowest BCUT2D eigenvalue weighted by Crippen LogP contribution is -2.17. The van der Waals surface area contributed by atoms with Crippen molar-refractivity contribution in [2.75, 3.05) is 0 Å². The van der Waals surface area contributed by atoms with Gasteiger partial charge >= 0.3 is 0 Å². The molecule has 0 saturated carbocycles. The van der Waals surface area contributed by atoms with Crippen LogP contribution in [0, 0.1) is 0 Å². The summed E-state index contributed by atoms with van der Waals surface area (Å²) in [6.45, 7) is 0.497. The van der Waals surface area contributed by atoms with Gasteiger partial charge in [-0.25, -0.2) is 4.99 Å². The summed E-state index contributed by atoms with van der Waals surface area (Å²) in [6.07, 6.45) is 0. The van der Waals surface area contributed by atoms with Crippen LogP contribution in [-0.4, -0.2) is 11.7 Å². The Balaban J connectivity index is 1.31. The van der Waals surface area contributed by atoms with Gasteiger partial charge in [0.15, 0.2) is 5.84 Å². The summed E-state index contributed by atoms with van der Waals surface area (Å²) in [7, 11) is 0. The molecule has 0 aliphatic carbocycles. The molecule has 47 heavy (non-hydrogen) atoms. The van der Waals surface area contributed by atoms with E-state index < -0.39 is 0 Å². The quantitative estimate of drug-likeness (QED) is 0.151. The number of hydrogen-bond donors (Lipinski definition) is 1. The summed E-state index contributed by atoms with van der Waals surface area (Å²) in [5.41, 5.74) is 15.8. The van der Waals surface area contributed by atoms with Crippen molar-refractivity contribution >= 4 is 44.4 Å². The maximum Gasteiger partial charge on any atom is 0.157 e. The van der Waals surface area contributed by atoms with E-state index in [2.05, 4.69) is 91.0 Å². The zero-order valence-electron chi connectivity index (χ0n) is 25.7. The van der Waals surface area contributed by atoms with Gasteiger partial charge in [-0.2, -0.15) is 0 Å². The molecule has 0 bridgehead atoms. The van der Waals surface area contributed by atoms with E-state index in [-0.39, 0.29) is 0 Å². The van der Waals surface area contributed by atoms with Crippen molar-refractivity contribution in [2.45, 2.75) is 6.54 Å². The van der Waals surface area contributed by atoms with E-state index in [0.717, 1.165) is 55.1 Å². The number of para-hydroxylation sites is 1. The summed E-state index contributed by atoms with van der Waals surface area (Å²) >= 11 is 0. The van der Waals surface area contributed by atoms with Gasteiger partial charge in [0.25, 0.3) is 0 Å². The van der Waals surface area contributed by atoms with Crippen molar-refractivity contribution < 1.29 is 4.42 Å². The molecule has 0 radical (unpaired) electrons. The maximum atomic E-state index is 6.91. The zero-order chi connectivity index (χ0) is 31.6. The lowest BCUT2D eigenvalue weighted by Gasteiger charge is -2.14. The first-order chi connectivity index (χ1) is 23.2. The third kappa shape index (κ3) is 5.36. The lowest BCUT2D eigenvalue weighted by atomic mass is 9.90. The van der Waals surface area contributed by atoms with Crippen LogP contribution in [0.4, 0.5) is 0 Å². The summed E-state index contributed by atoms with van der Waals surface area (Å²) in [5, 5.41) is 4.27. The Morgan fingerprint density at radius 1 is 0.532 bits per heavy atom. The first-order valence-corrected chi connectivity index (χ1v) is 15.7. The minimum absolute atomic E-state index is 0.382. The van der Waals surface area contributed by atoms with Gasteiger partial charge in [0.05, 0.1) is 6.54 Å². The fourth-order valence-corrected chi connectivity index (χ4v) is 6.36. The molecule has 7 aromatic carbocycles. The van der Waals surface area contributed by atoms with Crippen LogP contribution in [0.1, 0.15) is 16.7 Å². The molecule has 0 spiro atoms. The normalized spacial score (nSPS) is 12.3. The molecule has 1 heterocycles. The highest BCUT2D eigenvalue weighted by atomic mass is 16.3. The van der Waals surface area contributed by atoms with Crippen molar-refractivity contribution in [3.8, 4) is 22.3 Å². The van der Waals surface area contributed by atoms with Crippen molar-refractivity contribution in [3.05, 3.63) is 180 Å². The molecule has 224 valence electrons. The number of aliphatic imine (C=N–C) groups is 2. The van der Waals surface area contributed by atoms with Gasteiger partial charge in [-0.1, -0.05) is 146 Å². The fraction of sp³-hybridized carbons (Fsp3) is 0.0233. The molecular weight excluding hydrogens is 574 g/mol. The SMILES string of the molecule is NC(=NC(=NCc1ccccc1)c1ccccc1)c1ccc(-c2ccc(-c3ccccc3)c3ccccc23)c2oc3ccccc3c12. The molecule has 0 amide bonds. The molecule has 0 fully saturated rings. The smallest absolute Gasteiger partial charge is 0.157 e. The minimum Gasteiger partial charge on any atom is -0.455 e. The number of hydrogen-bond acceptors (Lipinski definition) is 2. The van der Waals surface area contributed by atoms with E-state index in [4.69, 9.17) is 20.1 Å². The molecule has 4 heteroatoms. The van der Waals surface area contributed by atoms with Crippen LogP contribution in [-0.2, 0) is 6.54 Å². The first-order valence-electron chi connectivity index (χ1n) is 15.7. The van der Waals surface area contributed by atoms with Gasteiger partial charge in [-0.15, -0.1) is 0 Å². The molecule has 0 saturated heterocycles. The zero-order valence-corrected chi connectivity index (χ0v) is 25.7. The minimum atomic E-state index is 0.382. The van der Waals surface area contributed by atoms with Crippen molar-refractivity contribution in [3.63, 3.8) is 0 Å². The van der Waals surface area contributed by atoms with Crippen LogP contribution in [0.25, 0.3) is 55.0 Å². The number of amidine groups is 2. The van der Waals surface area contributed by atoms with E-state index in [1.165, 1.54) is 16.5 Å². The van der Waals surface area contributed by atoms with Crippen molar-refractivity contribution in [1.29, 1.82) is 0 Å². The molecule has 2 N–H and O–H groups in total. The third-order valence-corrected chi connectivity index (χ3v) is 8.61. The molecule has 0 aliphatic rings. The van der Waals surface area contributed by atoms with E-state index in [1.807, 2.05) is 72.8 Å². The standard InChI is InChI=1S/C43H31N3O/c44-42(46-43(31-18-8-3-9-19-31)45-28-29-14-4-1-5-15-29)38-27-26-36(41-40(38)37-22-12-13-23-39(37)47-41)35-25-24-32(30-16-6-2-7-17-30)33-20-10-11-21-34(33)35/h1-27H,28H2,(H2,44,45,46). The van der Waals surface area contributed by atoms with Crippen LogP contribution in [0.5, 0.6) is 0 Å². The summed E-state index contributed by atoms with van der Waals surface area (Å²) in [4.78, 5) is 9.89. The fourth-order valence-electron chi connectivity index (χ4n) is 6.36. The predicted octanol–water partition coefficient (Wildman–Crippen LogP) is 10.4. The van der Waals surface area contributed by atoms with Crippen molar-refractivity contribution in [2.24, 2.45) is 15.7 Å². The molecule has 1 aromatic heterocycles. The number of rotatable bonds is 6. The third-order valence-electron chi connectivity index (χ3n) is 8.61. The van der Waals surface area contributed by atoms with Gasteiger partial charge in [0.2, 0.25) is 0 Å². The summed E-state index contributed by atoms with van der Waals surface area (Å²) in [5.74, 6) is 0.965. The average Bonchev–Trinajstić information content (AvgIpc) is 3.53. The maximum absolute atomic E-state index is 6.91. The average molecular weight is 606 g/mol. The summed E-state index contributed by atoms with van der Waals surface area (Å²) in [6, 6.07) is 55.9. The number of nitrogens with zero attached hydrogens (tertiary/aromatic N) is 2. The van der Waals surface area contributed by atoms with Crippen molar-refractivity contribution in [1.82, 2.24) is 0 Å². The first kappa shape index (κ1) is 28.2. The van der Waals surface area contributed by atoms with Crippen LogP contribution < -0.4 is 5.73 Å². The molecule has 0 aliphatic heterocycles. The number of nitrogens with two attached hydrogens (primary N) is 1. The highest BCUT2D eigenvalue weighted by Gasteiger charge is 2.20. The van der Waals surface area contributed by atoms with E-state index in [0.29, 0.717) is 18.2 Å². The molecule has 0 unspecified atom stereocenters. The number of furan rings is 1. The van der Waals surface area contributed by atoms with Gasteiger partial charge in [0, 0.05) is 27.5 Å². The largest absolute Gasteiger partial charge is 0.455 e. The second-order valence-corrected chi connectivity index (χ2v) is 11.5. The van der Waals surface area contributed by atoms with Gasteiger partial charge in [-0.3, -0.25) is 4.99 Å². The summed E-state index contributed by atoms with van der Waals surface area (Å²) < 4.78 is 6.65. The number of benzene rings is 7. The molecule has 4 nitrogen and oxygen atoms in total. The lowest BCUT2D eigenvalue weighted by molar-refractivity contribution is 0.670. The Morgan fingerprint density at radius 2 is 1.11 bits per heavy atom. The number of fused-ring (bicyclic) bond motifs is 4. The highest BCUT2D eigenvalue weighted by molar-refractivity contribution is 6.23. The Kier molecular flexibility index (Phi) is 7.37. The molecular formula is C43H31N3O. The molecule has 0 atom stereocenters. The van der Waals surface area contributed by atoms with Crippen LogP contribution in [0.3, 0.4) is 0 Å². The van der Waals surface area contributed by atoms with Crippen LogP contribution in [0.2, 0.25) is 0 Å². The van der Waals surface area contributed by atoms with Gasteiger partial charge in [0.1, 0.15) is 17.0 Å².